The minimum atomic E-state index is -0.683. The van der Waals surface area contributed by atoms with Crippen molar-refractivity contribution in [2.45, 2.75) is 57.9 Å². The van der Waals surface area contributed by atoms with Gasteiger partial charge in [-0.1, -0.05) is 39.0 Å². The van der Waals surface area contributed by atoms with Crippen molar-refractivity contribution in [3.8, 4) is 0 Å². The van der Waals surface area contributed by atoms with Gasteiger partial charge >= 0.3 is 5.97 Å². The van der Waals surface area contributed by atoms with Gasteiger partial charge in [0.1, 0.15) is 6.04 Å². The number of carboxylic acids is 1. The maximum atomic E-state index is 11.2. The average Bonchev–Trinajstić information content (AvgIpc) is 2.33. The molecule has 0 bridgehead atoms. The summed E-state index contributed by atoms with van der Waals surface area (Å²) in [6.45, 7) is 3.12. The van der Waals surface area contributed by atoms with Crippen molar-refractivity contribution in [1.82, 2.24) is 4.90 Å². The Kier molecular flexibility index (Phi) is 22.2. The number of thioether (sulfide) groups is 1. The Morgan fingerprint density at radius 1 is 1.20 bits per heavy atom. The number of halogens is 1. The van der Waals surface area contributed by atoms with E-state index in [4.69, 9.17) is 0 Å². The second kappa shape index (κ2) is 17.5. The van der Waals surface area contributed by atoms with Gasteiger partial charge in [-0.25, -0.2) is 0 Å². The molecule has 0 saturated carbocycles. The van der Waals surface area contributed by atoms with E-state index in [0.29, 0.717) is 0 Å². The number of hydrogen-bond acceptors (Lipinski definition) is 3. The van der Waals surface area contributed by atoms with E-state index in [1.807, 2.05) is 18.2 Å². The molecule has 1 atom stereocenters. The number of likely N-dealkylation sites (N-methyl/N-ethyl adjacent to an activating group) is 1. The van der Waals surface area contributed by atoms with Gasteiger partial charge in [-0.2, -0.15) is 25.3 Å². The summed E-state index contributed by atoms with van der Waals surface area (Å²) < 4.78 is 0. The average molecular weight is 346 g/mol. The third-order valence-corrected chi connectivity index (χ3v) is 3.92. The predicted molar refractivity (Wildman–Crippen MR) is 98.1 cm³/mol. The van der Waals surface area contributed by atoms with Crippen LogP contribution in [0.15, 0.2) is 0 Å². The van der Waals surface area contributed by atoms with Crippen molar-refractivity contribution in [2.24, 2.45) is 0 Å². The molecule has 3 nitrogen and oxygen atoms in total. The number of nitrogens with zero attached hydrogens (tertiary/aromatic N) is 1. The Balaban J connectivity index is -0.00000144. The second-order valence-corrected chi connectivity index (χ2v) is 5.87. The van der Waals surface area contributed by atoms with Crippen LogP contribution in [0.5, 0.6) is 0 Å². The van der Waals surface area contributed by atoms with Crippen LogP contribution in [0.1, 0.15) is 51.9 Å². The third kappa shape index (κ3) is 13.4. The first-order valence-corrected chi connectivity index (χ1v) is 8.44. The monoisotopic (exact) mass is 345 g/mol. The maximum Gasteiger partial charge on any atom is 0.320 e. The lowest BCUT2D eigenvalue weighted by molar-refractivity contribution is -0.142. The van der Waals surface area contributed by atoms with Crippen molar-refractivity contribution in [3.63, 3.8) is 0 Å². The summed E-state index contributed by atoms with van der Waals surface area (Å²) in [7, 11) is 1.94. The lowest BCUT2D eigenvalue weighted by atomic mass is 10.1. The van der Waals surface area contributed by atoms with Crippen LogP contribution < -0.4 is 0 Å². The Hall–Kier alpha value is 0.420. The van der Waals surface area contributed by atoms with E-state index in [2.05, 4.69) is 6.92 Å². The van der Waals surface area contributed by atoms with Gasteiger partial charge in [-0.05, 0) is 38.4 Å². The van der Waals surface area contributed by atoms with Crippen molar-refractivity contribution in [1.29, 1.82) is 0 Å². The summed E-state index contributed by atoms with van der Waals surface area (Å²) >= 11 is 1.71. The first kappa shape index (κ1) is 25.4. The van der Waals surface area contributed by atoms with Crippen LogP contribution in [0.3, 0.4) is 0 Å². The van der Waals surface area contributed by atoms with E-state index in [9.17, 15) is 9.90 Å². The summed E-state index contributed by atoms with van der Waals surface area (Å²) in [6.07, 6.45) is 10.3. The minimum Gasteiger partial charge on any atom is -0.480 e. The lowest BCUT2D eigenvalue weighted by Gasteiger charge is -2.24. The highest BCUT2D eigenvalue weighted by molar-refractivity contribution is 7.98. The molecule has 0 aromatic carbocycles. The molecule has 6 heteroatoms. The Bertz CT molecular complexity index is 221. The van der Waals surface area contributed by atoms with Gasteiger partial charge in [0.15, 0.2) is 0 Å². The fourth-order valence-corrected chi connectivity index (χ4v) is 2.52. The molecular weight excluding hydrogens is 314 g/mol. The molecule has 1 N–H and O–H groups in total. The van der Waals surface area contributed by atoms with E-state index >= 15 is 0 Å². The van der Waals surface area contributed by atoms with Crippen LogP contribution in [0.2, 0.25) is 0 Å². The molecule has 0 rings (SSSR count). The Morgan fingerprint density at radius 3 is 2.25 bits per heavy atom. The highest BCUT2D eigenvalue weighted by atomic mass is 35.5. The third-order valence-electron chi connectivity index (χ3n) is 3.28. The minimum absolute atomic E-state index is 0. The predicted octanol–water partition coefficient (Wildman–Crippen LogP) is 4.02. The van der Waals surface area contributed by atoms with E-state index in [0.717, 1.165) is 25.1 Å². The number of carbonyl (C=O) groups is 1. The number of hydrogen-bond donors (Lipinski definition) is 1. The van der Waals surface area contributed by atoms with E-state index in [1.54, 1.807) is 11.8 Å². The number of carboxylic acid groups (broad SMARTS) is 1. The summed E-state index contributed by atoms with van der Waals surface area (Å²) in [4.78, 5) is 13.2. The molecule has 0 heterocycles. The molecule has 0 aliphatic rings. The zero-order valence-electron chi connectivity index (χ0n) is 13.1. The van der Waals surface area contributed by atoms with Crippen molar-refractivity contribution in [2.75, 3.05) is 25.6 Å². The normalized spacial score (nSPS) is 11.6. The van der Waals surface area contributed by atoms with Gasteiger partial charge in [0, 0.05) is 0 Å². The fraction of sp³-hybridized carbons (Fsp3) is 0.929. The molecule has 0 aliphatic heterocycles. The first-order valence-electron chi connectivity index (χ1n) is 7.05. The molecule has 0 aliphatic carbocycles. The van der Waals surface area contributed by atoms with E-state index in [-0.39, 0.29) is 31.9 Å². The quantitative estimate of drug-likeness (QED) is 0.542. The standard InChI is InChI=1S/C14H29NO2S.ClH.H2S/c1-4-5-6-7-8-9-11-15(2)13(14(16)17)10-12-18-3;;/h13H,4-12H2,1-3H3,(H,16,17);1H;1H2/t13-;;/m0../s1. The summed E-state index contributed by atoms with van der Waals surface area (Å²) in [5.41, 5.74) is 0. The Morgan fingerprint density at radius 2 is 1.75 bits per heavy atom. The molecular formula is C14H32ClNO2S2. The largest absolute Gasteiger partial charge is 0.480 e. The molecule has 0 amide bonds. The van der Waals surface area contributed by atoms with Crippen LogP contribution in [-0.4, -0.2) is 47.6 Å². The van der Waals surface area contributed by atoms with E-state index < -0.39 is 5.97 Å². The van der Waals surface area contributed by atoms with E-state index in [1.165, 1.54) is 32.1 Å². The number of unbranched alkanes of at least 4 members (excludes halogenated alkanes) is 5. The van der Waals surface area contributed by atoms with Gasteiger partial charge in [0.25, 0.3) is 0 Å². The smallest absolute Gasteiger partial charge is 0.320 e. The molecule has 20 heavy (non-hydrogen) atoms. The Labute approximate surface area is 142 Å². The molecule has 0 aromatic heterocycles. The van der Waals surface area contributed by atoms with Crippen molar-refractivity contribution >= 4 is 43.6 Å². The summed E-state index contributed by atoms with van der Waals surface area (Å²) in [5.74, 6) is 0.232. The topological polar surface area (TPSA) is 40.5 Å². The van der Waals surface area contributed by atoms with Crippen LogP contribution in [0.25, 0.3) is 0 Å². The summed E-state index contributed by atoms with van der Waals surface area (Å²) in [5, 5.41) is 9.19. The maximum absolute atomic E-state index is 11.2. The molecule has 0 spiro atoms. The van der Waals surface area contributed by atoms with Gasteiger partial charge in [-0.15, -0.1) is 12.4 Å². The van der Waals surface area contributed by atoms with Gasteiger partial charge < -0.3 is 5.11 Å². The van der Waals surface area contributed by atoms with Crippen molar-refractivity contribution < 1.29 is 9.90 Å². The molecule has 124 valence electrons. The van der Waals surface area contributed by atoms with Crippen LogP contribution in [0, 0.1) is 0 Å². The van der Waals surface area contributed by atoms with Crippen LogP contribution in [0.4, 0.5) is 0 Å². The van der Waals surface area contributed by atoms with Crippen LogP contribution in [-0.2, 0) is 4.79 Å². The molecule has 0 fully saturated rings. The molecule has 0 saturated heterocycles. The number of rotatable bonds is 12. The number of aliphatic carboxylic acids is 1. The van der Waals surface area contributed by atoms with Crippen LogP contribution >= 0.6 is 37.7 Å². The van der Waals surface area contributed by atoms with Crippen molar-refractivity contribution in [3.05, 3.63) is 0 Å². The fourth-order valence-electron chi connectivity index (χ4n) is 2.06. The second-order valence-electron chi connectivity index (χ2n) is 4.88. The summed E-state index contributed by atoms with van der Waals surface area (Å²) in [6, 6.07) is -0.312. The first-order chi connectivity index (χ1) is 8.63. The van der Waals surface area contributed by atoms with Gasteiger partial charge in [0.2, 0.25) is 0 Å². The molecule has 0 radical (unpaired) electrons. The van der Waals surface area contributed by atoms with Gasteiger partial charge in [0.05, 0.1) is 0 Å². The highest BCUT2D eigenvalue weighted by Crippen LogP contribution is 2.10. The highest BCUT2D eigenvalue weighted by Gasteiger charge is 2.21. The lowest BCUT2D eigenvalue weighted by Crippen LogP contribution is -2.39. The zero-order valence-corrected chi connectivity index (χ0v) is 15.7. The SMILES string of the molecule is CCCCCCCCN(C)[C@@H](CCSC)C(=O)O.Cl.S. The molecule has 0 unspecified atom stereocenters. The molecule has 0 aromatic rings. The zero-order chi connectivity index (χ0) is 13.8. The van der Waals surface area contributed by atoms with Gasteiger partial charge in [-0.3, -0.25) is 9.69 Å².